The second-order valence-corrected chi connectivity index (χ2v) is 2.27. The van der Waals surface area contributed by atoms with E-state index in [2.05, 4.69) is 10.2 Å². The summed E-state index contributed by atoms with van der Waals surface area (Å²) in [6, 6.07) is 5.65. The fourth-order valence-electron chi connectivity index (χ4n) is 0.833. The summed E-state index contributed by atoms with van der Waals surface area (Å²) < 4.78 is 50.2. The molecule has 3 nitrogen and oxygen atoms in total. The zero-order valence-corrected chi connectivity index (χ0v) is 6.28. The predicted octanol–water partition coefficient (Wildman–Crippen LogP) is 0.645. The zero-order chi connectivity index (χ0) is 14.7. The highest BCUT2D eigenvalue weighted by Gasteiger charge is 2.05. The Bertz CT molecular complexity index is 427. The first-order valence-corrected chi connectivity index (χ1v) is 3.37. The maximum absolute atomic E-state index is 7.95. The number of aliphatic hydroxyl groups is 1. The third-order valence-corrected chi connectivity index (χ3v) is 1.38. The fraction of sp³-hybridized carbons (Fsp3) is 0.333. The van der Waals surface area contributed by atoms with Gasteiger partial charge in [-0.05, 0) is 24.7 Å². The van der Waals surface area contributed by atoms with Crippen LogP contribution in [0.2, 0.25) is 1.41 Å². The topological polar surface area (TPSA) is 52.5 Å². The molecular weight excluding hydrogens is 154 g/mol. The molecule has 0 saturated carbocycles. The Morgan fingerprint density at radius 3 is 3.67 bits per heavy atom. The van der Waals surface area contributed by atoms with Gasteiger partial charge in [0.1, 0.15) is 7.16 Å². The van der Waals surface area contributed by atoms with Crippen molar-refractivity contribution in [1.29, 1.82) is 2.86 Å². The normalized spacial score (nSPS) is 24.9. The van der Waals surface area contributed by atoms with Gasteiger partial charge in [-0.2, -0.15) is 0 Å². The van der Waals surface area contributed by atoms with Crippen molar-refractivity contribution in [2.24, 2.45) is 0 Å². The van der Waals surface area contributed by atoms with E-state index >= 15 is 0 Å². The lowest BCUT2D eigenvalue weighted by atomic mass is 10.1. The number of hydrogen-bond donors (Lipinski definition) is 3. The molecule has 1 rings (SSSR count). The van der Waals surface area contributed by atoms with Crippen LogP contribution in [0.4, 0.5) is 0 Å². The SMILES string of the molecule is [2H]Oc1cccc(C([2H])(CN([2H])C([2H])([2H])[2H])O[2H])c1. The van der Waals surface area contributed by atoms with E-state index in [0.29, 0.717) is 0 Å². The molecule has 0 aromatic heterocycles. The average Bonchev–Trinajstić information content (AvgIpc) is 2.37. The second kappa shape index (κ2) is 4.09. The molecule has 0 heterocycles. The van der Waals surface area contributed by atoms with Gasteiger partial charge in [-0.1, -0.05) is 12.1 Å². The summed E-state index contributed by atoms with van der Waals surface area (Å²) in [6.45, 7) is -3.37. The summed E-state index contributed by atoms with van der Waals surface area (Å²) in [7, 11) is 0. The highest BCUT2D eigenvalue weighted by molar-refractivity contribution is 5.28. The minimum absolute atomic E-state index is 0.119. The molecule has 0 aliphatic heterocycles. The van der Waals surface area contributed by atoms with Crippen LogP contribution in [0.25, 0.3) is 0 Å². The minimum atomic E-state index is -2.71. The number of likely N-dealkylation sites (N-methyl/N-ethyl adjacent to an activating group) is 1. The third-order valence-electron chi connectivity index (χ3n) is 1.38. The Labute approximate surface area is 81.7 Å². The summed E-state index contributed by atoms with van der Waals surface area (Å²) in [5, 5.41) is 8.72. The first kappa shape index (κ1) is 3.36. The average molecular weight is 174 g/mol. The van der Waals surface area contributed by atoms with Crippen molar-refractivity contribution in [2.45, 2.75) is 6.08 Å². The molecule has 0 aliphatic rings. The summed E-state index contributed by atoms with van der Waals surface area (Å²) in [6.07, 6.45) is -2.06. The minimum Gasteiger partial charge on any atom is -0.508 e. The van der Waals surface area contributed by atoms with Gasteiger partial charge in [0.05, 0.1) is 7.45 Å². The highest BCUT2D eigenvalue weighted by Crippen LogP contribution is 2.17. The number of nitrogens with one attached hydrogen (secondary N) is 1. The summed E-state index contributed by atoms with van der Waals surface area (Å²) >= 11 is 0. The van der Waals surface area contributed by atoms with Crippen molar-refractivity contribution in [3.05, 3.63) is 29.8 Å². The largest absolute Gasteiger partial charge is 0.508 e. The standard InChI is InChI=1S/C9H13NO2/c1-10-6-9(12)7-3-2-4-8(11)5-7/h2-5,9-12H,6H2,1H3/i1D3,9D,12D/hD2. The molecule has 1 aromatic carbocycles. The number of phenolic OH excluding ortho intramolecular Hbond substituents is 1. The van der Waals surface area contributed by atoms with Crippen molar-refractivity contribution < 1.29 is 17.1 Å². The number of aromatic hydroxyl groups is 1. The monoisotopic (exact) mass is 174 g/mol. The second-order valence-electron chi connectivity index (χ2n) is 2.27. The van der Waals surface area contributed by atoms with Crippen molar-refractivity contribution >= 4 is 0 Å². The van der Waals surface area contributed by atoms with Crippen molar-refractivity contribution in [3.63, 3.8) is 0 Å². The van der Waals surface area contributed by atoms with Crippen LogP contribution in [0.5, 0.6) is 5.75 Å². The molecule has 0 fully saturated rings. The zero-order valence-electron chi connectivity index (χ0n) is 13.3. The molecule has 0 amide bonds. The Morgan fingerprint density at radius 2 is 2.92 bits per heavy atom. The van der Waals surface area contributed by atoms with Crippen LogP contribution in [0.15, 0.2) is 24.3 Å². The van der Waals surface area contributed by atoms with Crippen LogP contribution in [0, 0.1) is 0 Å². The molecule has 1 aromatic rings. The first-order chi connectivity index (χ1) is 8.73. The quantitative estimate of drug-likeness (QED) is 0.614. The van der Waals surface area contributed by atoms with Crippen LogP contribution in [-0.2, 0) is 0 Å². The van der Waals surface area contributed by atoms with Crippen LogP contribution >= 0.6 is 0 Å². The Kier molecular flexibility index (Phi) is 1.14. The Morgan fingerprint density at radius 1 is 1.92 bits per heavy atom. The predicted molar refractivity (Wildman–Crippen MR) is 47.0 cm³/mol. The van der Waals surface area contributed by atoms with E-state index in [-0.39, 0.29) is 16.6 Å². The molecule has 0 spiro atoms. The van der Waals surface area contributed by atoms with Gasteiger partial charge in [0.15, 0.2) is 0 Å². The van der Waals surface area contributed by atoms with E-state index < -0.39 is 19.6 Å². The van der Waals surface area contributed by atoms with E-state index in [1.54, 1.807) is 0 Å². The van der Waals surface area contributed by atoms with Gasteiger partial charge in [0.25, 0.3) is 1.43 Å². The molecule has 66 valence electrons. The third kappa shape index (κ3) is 2.22. The summed E-state index contributed by atoms with van der Waals surface area (Å²) in [4.78, 5) is 0. The van der Waals surface area contributed by atoms with Crippen molar-refractivity contribution in [2.75, 3.05) is 13.5 Å². The van der Waals surface area contributed by atoms with Gasteiger partial charge >= 0.3 is 0 Å². The van der Waals surface area contributed by atoms with Crippen LogP contribution in [0.1, 0.15) is 17.1 Å². The molecule has 0 saturated heterocycles. The number of benzene rings is 1. The van der Waals surface area contributed by atoms with Crippen molar-refractivity contribution in [1.82, 2.24) is 5.31 Å². The molecule has 0 aliphatic carbocycles. The van der Waals surface area contributed by atoms with Gasteiger partial charge in [-0.15, -0.1) is 0 Å². The van der Waals surface area contributed by atoms with Gasteiger partial charge in [0, 0.05) is 10.7 Å². The molecule has 3 N–H and O–H groups in total. The van der Waals surface area contributed by atoms with Gasteiger partial charge in [-0.25, -0.2) is 0 Å². The van der Waals surface area contributed by atoms with Crippen LogP contribution in [-0.4, -0.2) is 26.6 Å². The highest BCUT2D eigenvalue weighted by atomic mass is 16.3. The lowest BCUT2D eigenvalue weighted by Gasteiger charge is -2.09. The molecule has 3 heteroatoms. The molecule has 0 bridgehead atoms. The molecule has 12 heavy (non-hydrogen) atoms. The lowest BCUT2D eigenvalue weighted by molar-refractivity contribution is 0.177. The Balaban J connectivity index is 3.02. The van der Waals surface area contributed by atoms with Crippen LogP contribution < -0.4 is 5.31 Å². The first-order valence-electron chi connectivity index (χ1n) is 6.64. The smallest absolute Gasteiger partial charge is 0.293 e. The Hall–Kier alpha value is -1.06. The van der Waals surface area contributed by atoms with E-state index in [1.807, 2.05) is 0 Å². The maximum Gasteiger partial charge on any atom is 0.293 e. The number of hydrogen-bond acceptors (Lipinski definition) is 3. The summed E-state index contributed by atoms with van der Waals surface area (Å²) in [5.74, 6) is 0.122. The van der Waals surface area contributed by atoms with Gasteiger partial charge in [-0.3, -0.25) is 0 Å². The molecule has 1 atom stereocenters. The summed E-state index contributed by atoms with van der Waals surface area (Å²) in [5.41, 5.74) is 0.119. The van der Waals surface area contributed by atoms with Crippen LogP contribution in [0.3, 0.4) is 0 Å². The van der Waals surface area contributed by atoms with Gasteiger partial charge in [0.2, 0.25) is 1.43 Å². The van der Waals surface area contributed by atoms with Crippen molar-refractivity contribution in [3.8, 4) is 5.75 Å². The fourth-order valence-corrected chi connectivity index (χ4v) is 0.833. The van der Waals surface area contributed by atoms with E-state index in [0.717, 1.165) is 0 Å². The number of rotatable bonds is 5. The number of phenols is 1. The molecule has 0 radical (unpaired) electrons. The van der Waals surface area contributed by atoms with Gasteiger partial charge < -0.3 is 15.5 Å². The maximum atomic E-state index is 7.95. The van der Waals surface area contributed by atoms with E-state index in [1.165, 1.54) is 24.3 Å². The molecular formula is C9H13NO2. The lowest BCUT2D eigenvalue weighted by Crippen LogP contribution is -2.16. The van der Waals surface area contributed by atoms with E-state index in [9.17, 15) is 0 Å². The van der Waals surface area contributed by atoms with E-state index in [4.69, 9.17) is 9.76 Å². The molecule has 1 unspecified atom stereocenters.